The Bertz CT molecular complexity index is 328. The monoisotopic (exact) mass is 250 g/mol. The minimum atomic E-state index is 0.912. The van der Waals surface area contributed by atoms with Gasteiger partial charge in [-0.1, -0.05) is 25.8 Å². The van der Waals surface area contributed by atoms with E-state index in [1.165, 1.54) is 24.9 Å². The van der Waals surface area contributed by atoms with Crippen LogP contribution < -0.4 is 15.0 Å². The Morgan fingerprint density at radius 2 is 2.06 bits per heavy atom. The number of likely N-dealkylation sites (N-methyl/N-ethyl adjacent to an activating group) is 1. The Morgan fingerprint density at radius 1 is 1.22 bits per heavy atom. The SMILES string of the molecule is CCCCCNCCN(C)c1cccc(OC)c1. The molecule has 1 aromatic carbocycles. The van der Waals surface area contributed by atoms with Gasteiger partial charge >= 0.3 is 0 Å². The molecule has 0 saturated heterocycles. The third-order valence-corrected chi connectivity index (χ3v) is 3.08. The lowest BCUT2D eigenvalue weighted by molar-refractivity contribution is 0.415. The molecule has 1 rings (SSSR count). The molecule has 0 radical (unpaired) electrons. The van der Waals surface area contributed by atoms with Gasteiger partial charge in [-0.15, -0.1) is 0 Å². The zero-order chi connectivity index (χ0) is 13.2. The zero-order valence-electron chi connectivity index (χ0n) is 11.9. The first-order valence-electron chi connectivity index (χ1n) is 6.84. The molecule has 3 nitrogen and oxygen atoms in total. The van der Waals surface area contributed by atoms with Crippen molar-refractivity contribution in [2.45, 2.75) is 26.2 Å². The molecule has 1 aromatic rings. The van der Waals surface area contributed by atoms with Crippen molar-refractivity contribution in [1.82, 2.24) is 5.32 Å². The second kappa shape index (κ2) is 8.81. The molecule has 0 heterocycles. The Kier molecular flexibility index (Phi) is 7.26. The first kappa shape index (κ1) is 14.8. The fourth-order valence-electron chi connectivity index (χ4n) is 1.85. The minimum absolute atomic E-state index is 0.912. The van der Waals surface area contributed by atoms with E-state index >= 15 is 0 Å². The van der Waals surface area contributed by atoms with Gasteiger partial charge in [-0.2, -0.15) is 0 Å². The van der Waals surface area contributed by atoms with Gasteiger partial charge in [0, 0.05) is 31.9 Å². The summed E-state index contributed by atoms with van der Waals surface area (Å²) >= 11 is 0. The van der Waals surface area contributed by atoms with Gasteiger partial charge in [0.05, 0.1) is 7.11 Å². The summed E-state index contributed by atoms with van der Waals surface area (Å²) in [7, 11) is 3.82. The molecule has 18 heavy (non-hydrogen) atoms. The van der Waals surface area contributed by atoms with Gasteiger partial charge in [0.25, 0.3) is 0 Å². The van der Waals surface area contributed by atoms with E-state index in [-0.39, 0.29) is 0 Å². The summed E-state index contributed by atoms with van der Waals surface area (Å²) in [6, 6.07) is 8.18. The van der Waals surface area contributed by atoms with Gasteiger partial charge in [-0.25, -0.2) is 0 Å². The second-order valence-electron chi connectivity index (χ2n) is 4.58. The molecule has 0 spiro atoms. The van der Waals surface area contributed by atoms with Gasteiger partial charge in [0.15, 0.2) is 0 Å². The zero-order valence-corrected chi connectivity index (χ0v) is 11.9. The summed E-state index contributed by atoms with van der Waals surface area (Å²) in [5, 5.41) is 3.48. The summed E-state index contributed by atoms with van der Waals surface area (Å²) in [6.45, 7) is 5.40. The summed E-state index contributed by atoms with van der Waals surface area (Å²) in [6.07, 6.45) is 3.88. The van der Waals surface area contributed by atoms with Crippen LogP contribution >= 0.6 is 0 Å². The standard InChI is InChI=1S/C15H26N2O/c1-4-5-6-10-16-11-12-17(2)14-8-7-9-15(13-14)18-3/h7-9,13,16H,4-6,10-12H2,1-3H3. The Morgan fingerprint density at radius 3 is 2.78 bits per heavy atom. The van der Waals surface area contributed by atoms with E-state index in [0.717, 1.165) is 25.4 Å². The van der Waals surface area contributed by atoms with Gasteiger partial charge in [-0.05, 0) is 25.1 Å². The fraction of sp³-hybridized carbons (Fsp3) is 0.600. The molecular formula is C15H26N2O. The van der Waals surface area contributed by atoms with Crippen molar-refractivity contribution in [3.05, 3.63) is 24.3 Å². The van der Waals surface area contributed by atoms with E-state index in [9.17, 15) is 0 Å². The van der Waals surface area contributed by atoms with Crippen LogP contribution in [0.25, 0.3) is 0 Å². The van der Waals surface area contributed by atoms with Crippen molar-refractivity contribution in [2.24, 2.45) is 0 Å². The number of methoxy groups -OCH3 is 1. The lowest BCUT2D eigenvalue weighted by Gasteiger charge is -2.20. The molecule has 0 aliphatic heterocycles. The predicted octanol–water partition coefficient (Wildman–Crippen LogP) is 2.91. The summed E-state index contributed by atoms with van der Waals surface area (Å²) in [5.74, 6) is 0.912. The molecule has 0 saturated carbocycles. The molecular weight excluding hydrogens is 224 g/mol. The van der Waals surface area contributed by atoms with E-state index in [0.29, 0.717) is 0 Å². The highest BCUT2D eigenvalue weighted by Gasteiger charge is 2.01. The number of ether oxygens (including phenoxy) is 1. The molecule has 0 aliphatic carbocycles. The van der Waals surface area contributed by atoms with Gasteiger partial charge in [0.1, 0.15) is 5.75 Å². The number of hydrogen-bond acceptors (Lipinski definition) is 3. The van der Waals surface area contributed by atoms with Crippen LogP contribution in [0.15, 0.2) is 24.3 Å². The van der Waals surface area contributed by atoms with Crippen LogP contribution in [0.1, 0.15) is 26.2 Å². The largest absolute Gasteiger partial charge is 0.497 e. The van der Waals surface area contributed by atoms with E-state index in [2.05, 4.69) is 36.3 Å². The minimum Gasteiger partial charge on any atom is -0.497 e. The fourth-order valence-corrected chi connectivity index (χ4v) is 1.85. The number of nitrogens with one attached hydrogen (secondary N) is 1. The maximum Gasteiger partial charge on any atom is 0.120 e. The maximum absolute atomic E-state index is 5.23. The highest BCUT2D eigenvalue weighted by atomic mass is 16.5. The normalized spacial score (nSPS) is 10.4. The third kappa shape index (κ3) is 5.41. The lowest BCUT2D eigenvalue weighted by Crippen LogP contribution is -2.29. The molecule has 1 N–H and O–H groups in total. The average molecular weight is 250 g/mol. The van der Waals surface area contributed by atoms with Gasteiger partial charge in [0.2, 0.25) is 0 Å². The van der Waals surface area contributed by atoms with Gasteiger partial charge < -0.3 is 15.0 Å². The van der Waals surface area contributed by atoms with E-state index in [1.807, 2.05) is 12.1 Å². The van der Waals surface area contributed by atoms with Crippen molar-refractivity contribution in [2.75, 3.05) is 38.7 Å². The molecule has 0 bridgehead atoms. The first-order valence-corrected chi connectivity index (χ1v) is 6.84. The van der Waals surface area contributed by atoms with E-state index < -0.39 is 0 Å². The van der Waals surface area contributed by atoms with E-state index in [4.69, 9.17) is 4.74 Å². The Labute approximate surface area is 111 Å². The van der Waals surface area contributed by atoms with Crippen LogP contribution in [0.5, 0.6) is 5.75 Å². The third-order valence-electron chi connectivity index (χ3n) is 3.08. The molecule has 0 unspecified atom stereocenters. The molecule has 0 aliphatic rings. The molecule has 0 atom stereocenters. The van der Waals surface area contributed by atoms with Crippen LogP contribution in [-0.2, 0) is 0 Å². The topological polar surface area (TPSA) is 24.5 Å². The van der Waals surface area contributed by atoms with Crippen molar-refractivity contribution in [3.63, 3.8) is 0 Å². The Hall–Kier alpha value is -1.22. The summed E-state index contributed by atoms with van der Waals surface area (Å²) in [5.41, 5.74) is 1.20. The number of anilines is 1. The second-order valence-corrected chi connectivity index (χ2v) is 4.58. The lowest BCUT2D eigenvalue weighted by atomic mass is 10.2. The molecule has 102 valence electrons. The molecule has 0 aromatic heterocycles. The van der Waals surface area contributed by atoms with Crippen LogP contribution in [0.4, 0.5) is 5.69 Å². The summed E-state index contributed by atoms with van der Waals surface area (Å²) in [4.78, 5) is 2.25. The van der Waals surface area contributed by atoms with Crippen molar-refractivity contribution in [3.8, 4) is 5.75 Å². The first-order chi connectivity index (χ1) is 8.77. The van der Waals surface area contributed by atoms with E-state index in [1.54, 1.807) is 7.11 Å². The number of unbranched alkanes of at least 4 members (excludes halogenated alkanes) is 2. The van der Waals surface area contributed by atoms with Crippen molar-refractivity contribution in [1.29, 1.82) is 0 Å². The maximum atomic E-state index is 5.23. The molecule has 0 fully saturated rings. The average Bonchev–Trinajstić information content (AvgIpc) is 2.42. The van der Waals surface area contributed by atoms with Gasteiger partial charge in [-0.3, -0.25) is 0 Å². The van der Waals surface area contributed by atoms with Crippen LogP contribution in [0.2, 0.25) is 0 Å². The van der Waals surface area contributed by atoms with Crippen molar-refractivity contribution >= 4 is 5.69 Å². The van der Waals surface area contributed by atoms with Crippen molar-refractivity contribution < 1.29 is 4.74 Å². The highest BCUT2D eigenvalue weighted by Crippen LogP contribution is 2.19. The highest BCUT2D eigenvalue weighted by molar-refractivity contribution is 5.50. The quantitative estimate of drug-likeness (QED) is 0.682. The number of rotatable bonds is 9. The number of nitrogens with zero attached hydrogens (tertiary/aromatic N) is 1. The van der Waals surface area contributed by atoms with Crippen LogP contribution in [-0.4, -0.2) is 33.8 Å². The molecule has 0 amide bonds. The number of benzene rings is 1. The predicted molar refractivity (Wildman–Crippen MR) is 78.7 cm³/mol. The number of hydrogen-bond donors (Lipinski definition) is 1. The summed E-state index contributed by atoms with van der Waals surface area (Å²) < 4.78 is 5.23. The van der Waals surface area contributed by atoms with Crippen LogP contribution in [0, 0.1) is 0 Å². The smallest absolute Gasteiger partial charge is 0.120 e. The van der Waals surface area contributed by atoms with Crippen LogP contribution in [0.3, 0.4) is 0 Å². The molecule has 3 heteroatoms. The Balaban J connectivity index is 2.25.